The molecule has 0 bridgehead atoms. The van der Waals surface area contributed by atoms with Crippen LogP contribution in [0.25, 0.3) is 0 Å². The number of rotatable bonds is 3. The number of carbonyl (C=O) groups excluding carboxylic acids is 1. The Morgan fingerprint density at radius 1 is 1.77 bits per heavy atom. The molecule has 1 rings (SSSR count). The van der Waals surface area contributed by atoms with E-state index in [4.69, 9.17) is 0 Å². The van der Waals surface area contributed by atoms with Gasteiger partial charge in [-0.2, -0.15) is 9.36 Å². The molecule has 0 aliphatic rings. The first kappa shape index (κ1) is 10.3. The molecule has 0 saturated heterocycles. The number of carbonyl (C=O) groups is 1. The van der Waals surface area contributed by atoms with Gasteiger partial charge in [-0.25, -0.2) is 4.79 Å². The number of hydrogen-bond donors (Lipinski definition) is 1. The maximum atomic E-state index is 10.9. The van der Waals surface area contributed by atoms with Gasteiger partial charge >= 0.3 is 6.09 Å². The van der Waals surface area contributed by atoms with Crippen molar-refractivity contribution in [2.24, 2.45) is 0 Å². The van der Waals surface area contributed by atoms with E-state index in [0.29, 0.717) is 16.9 Å². The van der Waals surface area contributed by atoms with Gasteiger partial charge in [0, 0.05) is 11.5 Å². The van der Waals surface area contributed by atoms with Crippen LogP contribution in [0, 0.1) is 0 Å². The quantitative estimate of drug-likeness (QED) is 0.786. The maximum absolute atomic E-state index is 10.9. The summed E-state index contributed by atoms with van der Waals surface area (Å²) in [4.78, 5) is 14.9. The molecule has 0 spiro atoms. The predicted molar refractivity (Wildman–Crippen MR) is 52.3 cm³/mol. The monoisotopic (exact) mass is 219 g/mol. The zero-order valence-corrected chi connectivity index (χ0v) is 8.87. The summed E-state index contributed by atoms with van der Waals surface area (Å²) < 4.78 is 8.64. The normalized spacial score (nSPS) is 9.69. The number of anilines is 1. The lowest BCUT2D eigenvalue weighted by molar-refractivity contribution is 0.168. The van der Waals surface area contributed by atoms with Crippen molar-refractivity contribution in [1.29, 1.82) is 0 Å². The number of nitrogens with one attached hydrogen (secondary N) is 1. The van der Waals surface area contributed by atoms with Crippen LogP contribution in [0.4, 0.5) is 9.93 Å². The molecule has 0 unspecified atom stereocenters. The first-order chi connectivity index (χ1) is 6.26. The van der Waals surface area contributed by atoms with Crippen molar-refractivity contribution >= 4 is 34.5 Å². The fourth-order valence-electron chi connectivity index (χ4n) is 0.598. The van der Waals surface area contributed by atoms with Gasteiger partial charge in [0.25, 0.3) is 0 Å². The van der Waals surface area contributed by atoms with E-state index in [2.05, 4.69) is 19.4 Å². The van der Waals surface area contributed by atoms with Crippen molar-refractivity contribution in [3.05, 3.63) is 0 Å². The van der Waals surface area contributed by atoms with Gasteiger partial charge in [0.2, 0.25) is 10.3 Å². The molecule has 1 aromatic heterocycles. The average Bonchev–Trinajstić information content (AvgIpc) is 2.52. The minimum Gasteiger partial charge on any atom is -0.450 e. The van der Waals surface area contributed by atoms with Crippen LogP contribution >= 0.6 is 23.3 Å². The molecule has 0 aliphatic carbocycles. The number of ether oxygens (including phenoxy) is 1. The Labute approximate surface area is 84.1 Å². The van der Waals surface area contributed by atoms with Crippen molar-refractivity contribution in [2.45, 2.75) is 12.1 Å². The third-order valence-corrected chi connectivity index (χ3v) is 2.37. The van der Waals surface area contributed by atoms with Crippen LogP contribution in [0.3, 0.4) is 0 Å². The van der Waals surface area contributed by atoms with Gasteiger partial charge < -0.3 is 4.74 Å². The van der Waals surface area contributed by atoms with Crippen molar-refractivity contribution in [3.8, 4) is 0 Å². The van der Waals surface area contributed by atoms with Crippen LogP contribution in [-0.4, -0.2) is 28.3 Å². The molecule has 7 heteroatoms. The summed E-state index contributed by atoms with van der Waals surface area (Å²) in [6.45, 7) is 2.09. The van der Waals surface area contributed by atoms with Gasteiger partial charge in [-0.15, -0.1) is 0 Å². The molecule has 72 valence electrons. The van der Waals surface area contributed by atoms with Crippen LogP contribution < -0.4 is 5.32 Å². The summed E-state index contributed by atoms with van der Waals surface area (Å²) >= 11 is 2.56. The predicted octanol–water partition coefficient (Wildman–Crippen LogP) is 1.83. The second-order valence-electron chi connectivity index (χ2n) is 1.93. The summed E-state index contributed by atoms with van der Waals surface area (Å²) in [7, 11) is 0. The third kappa shape index (κ3) is 3.19. The lowest BCUT2D eigenvalue weighted by atomic mass is 10.9. The Kier molecular flexibility index (Phi) is 3.97. The largest absolute Gasteiger partial charge is 0.450 e. The summed E-state index contributed by atoms with van der Waals surface area (Å²) in [6, 6.07) is 0. The Morgan fingerprint density at radius 2 is 2.54 bits per heavy atom. The molecule has 5 nitrogen and oxygen atoms in total. The molecule has 0 fully saturated rings. The van der Waals surface area contributed by atoms with E-state index in [0.717, 1.165) is 11.5 Å². The van der Waals surface area contributed by atoms with Crippen LogP contribution in [0.15, 0.2) is 5.16 Å². The molecule has 0 radical (unpaired) electrons. The molecular weight excluding hydrogens is 210 g/mol. The van der Waals surface area contributed by atoms with E-state index in [1.54, 1.807) is 6.92 Å². The first-order valence-electron chi connectivity index (χ1n) is 3.57. The smallest absolute Gasteiger partial charge is 0.413 e. The summed E-state index contributed by atoms with van der Waals surface area (Å²) in [6.07, 6.45) is 1.38. The molecule has 1 amide bonds. The van der Waals surface area contributed by atoms with Crippen LogP contribution in [0.5, 0.6) is 0 Å². The molecule has 0 saturated carbocycles. The van der Waals surface area contributed by atoms with Gasteiger partial charge in [-0.1, -0.05) is 11.8 Å². The summed E-state index contributed by atoms with van der Waals surface area (Å²) in [5.41, 5.74) is 0. The molecule has 1 aromatic rings. The minimum atomic E-state index is -0.494. The minimum absolute atomic E-state index is 0.347. The van der Waals surface area contributed by atoms with E-state index in [-0.39, 0.29) is 0 Å². The highest BCUT2D eigenvalue weighted by Crippen LogP contribution is 2.17. The first-order valence-corrected chi connectivity index (χ1v) is 5.57. The fraction of sp³-hybridized carbons (Fsp3) is 0.500. The van der Waals surface area contributed by atoms with Crippen LogP contribution in [0.2, 0.25) is 0 Å². The Morgan fingerprint density at radius 3 is 3.08 bits per heavy atom. The van der Waals surface area contributed by atoms with Gasteiger partial charge in [-0.3, -0.25) is 5.32 Å². The number of nitrogens with zero attached hydrogens (tertiary/aromatic N) is 2. The second-order valence-corrected chi connectivity index (χ2v) is 3.46. The highest BCUT2D eigenvalue weighted by Gasteiger charge is 2.06. The topological polar surface area (TPSA) is 64.1 Å². The summed E-state index contributed by atoms with van der Waals surface area (Å²) in [5.74, 6) is 0. The van der Waals surface area contributed by atoms with E-state index in [1.807, 2.05) is 6.26 Å². The van der Waals surface area contributed by atoms with Crippen molar-refractivity contribution in [2.75, 3.05) is 18.2 Å². The van der Waals surface area contributed by atoms with E-state index in [9.17, 15) is 4.79 Å². The van der Waals surface area contributed by atoms with Gasteiger partial charge in [0.1, 0.15) is 0 Å². The molecule has 1 heterocycles. The molecule has 1 N–H and O–H groups in total. The molecular formula is C6H9N3O2S2. The van der Waals surface area contributed by atoms with Gasteiger partial charge in [0.05, 0.1) is 6.61 Å². The van der Waals surface area contributed by atoms with E-state index < -0.39 is 6.09 Å². The Hall–Kier alpha value is -0.820. The zero-order valence-electron chi connectivity index (χ0n) is 7.23. The number of amides is 1. The number of aromatic nitrogens is 2. The number of hydrogen-bond acceptors (Lipinski definition) is 6. The highest BCUT2D eigenvalue weighted by atomic mass is 32.2. The number of thioether (sulfide) groups is 1. The standard InChI is InChI=1S/C6H9N3O2S2/c1-3-11-6(10)8-4-7-5(12-2)9-13-4/h3H2,1-2H3,(H,7,8,9,10). The van der Waals surface area contributed by atoms with Crippen molar-refractivity contribution < 1.29 is 9.53 Å². The molecule has 0 aliphatic heterocycles. The summed E-state index contributed by atoms with van der Waals surface area (Å²) in [5, 5.41) is 3.58. The lowest BCUT2D eigenvalue weighted by Crippen LogP contribution is -2.12. The fourth-order valence-corrected chi connectivity index (χ4v) is 1.71. The maximum Gasteiger partial charge on any atom is 0.413 e. The van der Waals surface area contributed by atoms with Crippen LogP contribution in [0.1, 0.15) is 6.92 Å². The van der Waals surface area contributed by atoms with Gasteiger partial charge in [-0.05, 0) is 13.2 Å². The van der Waals surface area contributed by atoms with Crippen molar-refractivity contribution in [1.82, 2.24) is 9.36 Å². The molecule has 0 aromatic carbocycles. The molecule has 13 heavy (non-hydrogen) atoms. The van der Waals surface area contributed by atoms with Crippen molar-refractivity contribution in [3.63, 3.8) is 0 Å². The van der Waals surface area contributed by atoms with E-state index in [1.165, 1.54) is 11.8 Å². The van der Waals surface area contributed by atoms with E-state index >= 15 is 0 Å². The Balaban J connectivity index is 2.49. The zero-order chi connectivity index (χ0) is 9.68. The SMILES string of the molecule is CCOC(=O)Nc1nc(SC)ns1. The third-order valence-electron chi connectivity index (χ3n) is 1.07. The van der Waals surface area contributed by atoms with Gasteiger partial charge in [0.15, 0.2) is 0 Å². The van der Waals surface area contributed by atoms with Crippen LogP contribution in [-0.2, 0) is 4.74 Å². The lowest BCUT2D eigenvalue weighted by Gasteiger charge is -1.99. The average molecular weight is 219 g/mol. The highest BCUT2D eigenvalue weighted by molar-refractivity contribution is 7.98. The molecule has 0 atom stereocenters. The Bertz CT molecular complexity index is 289. The second kappa shape index (κ2) is 5.03.